The Labute approximate surface area is 94.7 Å². The second kappa shape index (κ2) is 5.88. The Morgan fingerprint density at radius 3 is 2.87 bits per heavy atom. The summed E-state index contributed by atoms with van der Waals surface area (Å²) in [6.45, 7) is 4.91. The molecule has 0 aromatic carbocycles. The number of hydrogen-bond acceptors (Lipinski definition) is 3. The summed E-state index contributed by atoms with van der Waals surface area (Å²) in [6, 6.07) is 4.60. The first-order valence-corrected chi connectivity index (χ1v) is 6.05. The number of thiophene rings is 1. The maximum atomic E-state index is 10.6. The molecule has 0 aliphatic heterocycles. The zero-order valence-corrected chi connectivity index (χ0v) is 10.1. The van der Waals surface area contributed by atoms with Crippen molar-refractivity contribution in [3.05, 3.63) is 21.9 Å². The van der Waals surface area contributed by atoms with Gasteiger partial charge in [0, 0.05) is 28.8 Å². The minimum atomic E-state index is -0.255. The zero-order valence-electron chi connectivity index (χ0n) is 9.25. The van der Waals surface area contributed by atoms with Gasteiger partial charge in [0.1, 0.15) is 0 Å². The third kappa shape index (κ3) is 4.01. The number of aryl methyl sites for hydroxylation is 1. The molecule has 3 nitrogen and oxygen atoms in total. The second-order valence-corrected chi connectivity index (χ2v) is 4.75. The second-order valence-electron chi connectivity index (χ2n) is 3.55. The average molecular weight is 226 g/mol. The van der Waals surface area contributed by atoms with Crippen molar-refractivity contribution in [1.82, 2.24) is 5.32 Å². The van der Waals surface area contributed by atoms with Gasteiger partial charge >= 0.3 is 0 Å². The monoisotopic (exact) mass is 226 g/mol. The van der Waals surface area contributed by atoms with Crippen molar-refractivity contribution in [2.45, 2.75) is 32.7 Å². The molecule has 0 radical (unpaired) electrons. The Kier molecular flexibility index (Phi) is 4.78. The Morgan fingerprint density at radius 2 is 2.33 bits per heavy atom. The van der Waals surface area contributed by atoms with Crippen LogP contribution in [0.4, 0.5) is 0 Å². The van der Waals surface area contributed by atoms with E-state index in [1.54, 1.807) is 0 Å². The molecule has 1 amide bonds. The van der Waals surface area contributed by atoms with Gasteiger partial charge in [-0.15, -0.1) is 11.3 Å². The lowest BCUT2D eigenvalue weighted by Crippen LogP contribution is -2.24. The Bertz CT molecular complexity index is 322. The number of amides is 1. The third-order valence-electron chi connectivity index (χ3n) is 2.28. The molecule has 1 unspecified atom stereocenters. The van der Waals surface area contributed by atoms with Crippen molar-refractivity contribution in [3.8, 4) is 0 Å². The number of hydrogen-bond donors (Lipinski definition) is 2. The summed E-state index contributed by atoms with van der Waals surface area (Å²) in [5.74, 6) is -0.255. The van der Waals surface area contributed by atoms with E-state index in [9.17, 15) is 4.79 Å². The lowest BCUT2D eigenvalue weighted by molar-refractivity contribution is -0.117. The largest absolute Gasteiger partial charge is 0.370 e. The van der Waals surface area contributed by atoms with Gasteiger partial charge in [0.05, 0.1) is 0 Å². The standard InChI is InChI=1S/C11H18N2OS/c1-3-9-4-5-10(15-9)8(2)13-7-6-11(12)14/h4-5,8,13H,3,6-7H2,1-2H3,(H2,12,14). The molecule has 1 heterocycles. The first kappa shape index (κ1) is 12.2. The molecule has 84 valence electrons. The highest BCUT2D eigenvalue weighted by molar-refractivity contribution is 7.12. The highest BCUT2D eigenvalue weighted by atomic mass is 32.1. The molecular weight excluding hydrogens is 208 g/mol. The fraction of sp³-hybridized carbons (Fsp3) is 0.545. The third-order valence-corrected chi connectivity index (χ3v) is 3.69. The fourth-order valence-electron chi connectivity index (χ4n) is 1.33. The molecule has 15 heavy (non-hydrogen) atoms. The summed E-state index contributed by atoms with van der Waals surface area (Å²) in [4.78, 5) is 13.3. The van der Waals surface area contributed by atoms with Crippen LogP contribution in [0.1, 0.15) is 36.1 Å². The number of nitrogens with one attached hydrogen (secondary N) is 1. The van der Waals surface area contributed by atoms with Gasteiger partial charge in [-0.3, -0.25) is 4.79 Å². The van der Waals surface area contributed by atoms with E-state index in [4.69, 9.17) is 5.73 Å². The molecule has 0 bridgehead atoms. The van der Waals surface area contributed by atoms with Crippen LogP contribution in [-0.2, 0) is 11.2 Å². The van der Waals surface area contributed by atoms with E-state index in [1.807, 2.05) is 11.3 Å². The molecule has 4 heteroatoms. The van der Waals surface area contributed by atoms with E-state index >= 15 is 0 Å². The highest BCUT2D eigenvalue weighted by Gasteiger charge is 2.07. The topological polar surface area (TPSA) is 55.1 Å². The summed E-state index contributed by atoms with van der Waals surface area (Å²) in [5, 5.41) is 3.28. The number of carbonyl (C=O) groups excluding carboxylic acids is 1. The van der Waals surface area contributed by atoms with Crippen LogP contribution in [0.15, 0.2) is 12.1 Å². The molecule has 3 N–H and O–H groups in total. The predicted molar refractivity (Wildman–Crippen MR) is 63.9 cm³/mol. The van der Waals surface area contributed by atoms with E-state index in [0.29, 0.717) is 19.0 Å². The summed E-state index contributed by atoms with van der Waals surface area (Å²) < 4.78 is 0. The predicted octanol–water partition coefficient (Wildman–Crippen LogP) is 1.84. The summed E-state index contributed by atoms with van der Waals surface area (Å²) >= 11 is 1.82. The number of nitrogens with two attached hydrogens (primary N) is 1. The van der Waals surface area contributed by atoms with E-state index in [0.717, 1.165) is 6.42 Å². The quantitative estimate of drug-likeness (QED) is 0.777. The molecule has 0 aliphatic carbocycles. The molecule has 0 aliphatic rings. The van der Waals surface area contributed by atoms with Crippen molar-refractivity contribution < 1.29 is 4.79 Å². The fourth-order valence-corrected chi connectivity index (χ4v) is 2.31. The minimum Gasteiger partial charge on any atom is -0.370 e. The lowest BCUT2D eigenvalue weighted by Gasteiger charge is -2.10. The van der Waals surface area contributed by atoms with Crippen molar-refractivity contribution in [1.29, 1.82) is 0 Å². The summed E-state index contributed by atoms with van der Waals surface area (Å²) in [7, 11) is 0. The normalized spacial score (nSPS) is 12.7. The van der Waals surface area contributed by atoms with E-state index in [2.05, 4.69) is 31.3 Å². The molecule has 0 spiro atoms. The number of rotatable bonds is 6. The Hall–Kier alpha value is -0.870. The van der Waals surface area contributed by atoms with Gasteiger partial charge in [-0.25, -0.2) is 0 Å². The van der Waals surface area contributed by atoms with Gasteiger partial charge < -0.3 is 11.1 Å². The molecule has 1 atom stereocenters. The molecule has 0 saturated carbocycles. The van der Waals surface area contributed by atoms with Crippen LogP contribution in [0.3, 0.4) is 0 Å². The average Bonchev–Trinajstić information content (AvgIpc) is 2.65. The maximum absolute atomic E-state index is 10.6. The van der Waals surface area contributed by atoms with Crippen LogP contribution >= 0.6 is 11.3 Å². The number of carbonyl (C=O) groups is 1. The van der Waals surface area contributed by atoms with Gasteiger partial charge in [-0.1, -0.05) is 6.92 Å². The first-order chi connectivity index (χ1) is 7.13. The molecule has 1 rings (SSSR count). The van der Waals surface area contributed by atoms with Crippen molar-refractivity contribution >= 4 is 17.2 Å². The minimum absolute atomic E-state index is 0.255. The van der Waals surface area contributed by atoms with Crippen LogP contribution < -0.4 is 11.1 Å². The van der Waals surface area contributed by atoms with Crippen LogP contribution in [0.2, 0.25) is 0 Å². The van der Waals surface area contributed by atoms with Gasteiger partial charge in [0.25, 0.3) is 0 Å². The van der Waals surface area contributed by atoms with E-state index < -0.39 is 0 Å². The van der Waals surface area contributed by atoms with E-state index in [-0.39, 0.29) is 5.91 Å². The number of primary amides is 1. The molecular formula is C11H18N2OS. The van der Waals surface area contributed by atoms with Crippen LogP contribution in [0.25, 0.3) is 0 Å². The van der Waals surface area contributed by atoms with Gasteiger partial charge in [-0.2, -0.15) is 0 Å². The Balaban J connectivity index is 2.39. The van der Waals surface area contributed by atoms with Crippen molar-refractivity contribution in [2.24, 2.45) is 5.73 Å². The van der Waals surface area contributed by atoms with Gasteiger partial charge in [-0.05, 0) is 25.5 Å². The molecule has 0 saturated heterocycles. The SMILES string of the molecule is CCc1ccc(C(C)NCCC(N)=O)s1. The molecule has 1 aromatic rings. The summed E-state index contributed by atoms with van der Waals surface area (Å²) in [5.41, 5.74) is 5.07. The lowest BCUT2D eigenvalue weighted by atomic mass is 10.2. The smallest absolute Gasteiger partial charge is 0.218 e. The van der Waals surface area contributed by atoms with Crippen LogP contribution in [0.5, 0.6) is 0 Å². The highest BCUT2D eigenvalue weighted by Crippen LogP contribution is 2.23. The van der Waals surface area contributed by atoms with Gasteiger partial charge in [0.15, 0.2) is 0 Å². The first-order valence-electron chi connectivity index (χ1n) is 5.23. The Morgan fingerprint density at radius 1 is 1.60 bits per heavy atom. The van der Waals surface area contributed by atoms with Crippen LogP contribution in [0, 0.1) is 0 Å². The van der Waals surface area contributed by atoms with Crippen LogP contribution in [-0.4, -0.2) is 12.5 Å². The van der Waals surface area contributed by atoms with Crippen molar-refractivity contribution in [2.75, 3.05) is 6.54 Å². The molecule has 1 aromatic heterocycles. The zero-order chi connectivity index (χ0) is 11.3. The van der Waals surface area contributed by atoms with Crippen molar-refractivity contribution in [3.63, 3.8) is 0 Å². The molecule has 0 fully saturated rings. The van der Waals surface area contributed by atoms with Gasteiger partial charge in [0.2, 0.25) is 5.91 Å². The summed E-state index contributed by atoms with van der Waals surface area (Å²) in [6.07, 6.45) is 1.48. The van der Waals surface area contributed by atoms with E-state index in [1.165, 1.54) is 9.75 Å². The maximum Gasteiger partial charge on any atom is 0.218 e.